The maximum Gasteiger partial charge on any atom is 0.232 e. The van der Waals surface area contributed by atoms with Crippen molar-refractivity contribution in [3.05, 3.63) is 48.5 Å². The summed E-state index contributed by atoms with van der Waals surface area (Å²) in [5, 5.41) is 2.77. The fraction of sp³-hybridized carbons (Fsp3) is 0.316. The molecule has 7 nitrogen and oxygen atoms in total. The van der Waals surface area contributed by atoms with E-state index in [0.29, 0.717) is 29.5 Å². The maximum atomic E-state index is 12.3. The minimum atomic E-state index is -3.54. The number of hydrogen-bond acceptors (Lipinski definition) is 5. The van der Waals surface area contributed by atoms with Crippen molar-refractivity contribution in [2.24, 2.45) is 0 Å². The van der Waals surface area contributed by atoms with Crippen molar-refractivity contribution >= 4 is 27.3 Å². The van der Waals surface area contributed by atoms with Crippen molar-refractivity contribution in [1.29, 1.82) is 0 Å². The quantitative estimate of drug-likeness (QED) is 0.709. The molecule has 0 unspecified atom stereocenters. The van der Waals surface area contributed by atoms with Crippen LogP contribution in [0.5, 0.6) is 11.5 Å². The Morgan fingerprint density at radius 1 is 1.11 bits per heavy atom. The van der Waals surface area contributed by atoms with Crippen LogP contribution in [0.2, 0.25) is 0 Å². The SMILES string of the molecule is CCOc1ccccc1NC(=O)CCN(c1ccc(OC)cc1)S(C)(=O)=O. The molecule has 27 heavy (non-hydrogen) atoms. The highest BCUT2D eigenvalue weighted by Crippen LogP contribution is 2.24. The van der Waals surface area contributed by atoms with Crippen LogP contribution in [0.3, 0.4) is 0 Å². The lowest BCUT2D eigenvalue weighted by atomic mass is 10.2. The van der Waals surface area contributed by atoms with Crippen LogP contribution >= 0.6 is 0 Å². The van der Waals surface area contributed by atoms with E-state index in [-0.39, 0.29) is 18.9 Å². The molecule has 0 heterocycles. The minimum absolute atomic E-state index is 0.000438. The zero-order valence-electron chi connectivity index (χ0n) is 15.6. The largest absolute Gasteiger partial charge is 0.497 e. The number of nitrogens with zero attached hydrogens (tertiary/aromatic N) is 1. The summed E-state index contributed by atoms with van der Waals surface area (Å²) < 4.78 is 36.0. The van der Waals surface area contributed by atoms with Gasteiger partial charge in [-0.25, -0.2) is 8.42 Å². The first kappa shape index (κ1) is 20.6. The molecule has 8 heteroatoms. The van der Waals surface area contributed by atoms with Gasteiger partial charge in [-0.3, -0.25) is 9.10 Å². The molecule has 0 atom stereocenters. The number of ether oxygens (including phenoxy) is 2. The van der Waals surface area contributed by atoms with Crippen molar-refractivity contribution in [3.8, 4) is 11.5 Å². The maximum absolute atomic E-state index is 12.3. The van der Waals surface area contributed by atoms with Crippen LogP contribution in [0.4, 0.5) is 11.4 Å². The Morgan fingerprint density at radius 2 is 1.78 bits per heavy atom. The van der Waals surface area contributed by atoms with Gasteiger partial charge >= 0.3 is 0 Å². The highest BCUT2D eigenvalue weighted by Gasteiger charge is 2.19. The first-order chi connectivity index (χ1) is 12.8. The van der Waals surface area contributed by atoms with Crippen LogP contribution in [0, 0.1) is 0 Å². The normalized spacial score (nSPS) is 10.9. The molecule has 0 bridgehead atoms. The van der Waals surface area contributed by atoms with Gasteiger partial charge in [-0.15, -0.1) is 0 Å². The zero-order valence-corrected chi connectivity index (χ0v) is 16.5. The highest BCUT2D eigenvalue weighted by atomic mass is 32.2. The minimum Gasteiger partial charge on any atom is -0.497 e. The van der Waals surface area contributed by atoms with Gasteiger partial charge in [0.15, 0.2) is 0 Å². The lowest BCUT2D eigenvalue weighted by Crippen LogP contribution is -2.33. The number of benzene rings is 2. The number of methoxy groups -OCH3 is 1. The van der Waals surface area contributed by atoms with Gasteiger partial charge in [-0.05, 0) is 43.3 Å². The Kier molecular flexibility index (Phi) is 7.06. The van der Waals surface area contributed by atoms with E-state index in [2.05, 4.69) is 5.32 Å². The molecule has 0 aliphatic heterocycles. The number of nitrogens with one attached hydrogen (secondary N) is 1. The third kappa shape index (κ3) is 5.89. The van der Waals surface area contributed by atoms with Gasteiger partial charge < -0.3 is 14.8 Å². The molecule has 0 radical (unpaired) electrons. The molecule has 0 aromatic heterocycles. The van der Waals surface area contributed by atoms with Crippen LogP contribution in [0.15, 0.2) is 48.5 Å². The van der Waals surface area contributed by atoms with Crippen LogP contribution in [-0.4, -0.2) is 40.8 Å². The van der Waals surface area contributed by atoms with Gasteiger partial charge in [0.1, 0.15) is 11.5 Å². The first-order valence-electron chi connectivity index (χ1n) is 8.48. The number of rotatable bonds is 9. The summed E-state index contributed by atoms with van der Waals surface area (Å²) in [6.07, 6.45) is 1.11. The molecule has 0 aliphatic carbocycles. The number of amides is 1. The van der Waals surface area contributed by atoms with E-state index in [1.807, 2.05) is 13.0 Å². The summed E-state index contributed by atoms with van der Waals surface area (Å²) in [6, 6.07) is 13.7. The first-order valence-corrected chi connectivity index (χ1v) is 10.3. The molecule has 0 fully saturated rings. The van der Waals surface area contributed by atoms with Gasteiger partial charge in [0.05, 0.1) is 31.3 Å². The molecule has 2 aromatic rings. The zero-order chi connectivity index (χ0) is 19.9. The molecular formula is C19H24N2O5S. The Morgan fingerprint density at radius 3 is 2.37 bits per heavy atom. The van der Waals surface area contributed by atoms with Crippen molar-refractivity contribution in [2.45, 2.75) is 13.3 Å². The van der Waals surface area contributed by atoms with Gasteiger partial charge in [-0.2, -0.15) is 0 Å². The van der Waals surface area contributed by atoms with Crippen molar-refractivity contribution < 1.29 is 22.7 Å². The Hall–Kier alpha value is -2.74. The topological polar surface area (TPSA) is 84.9 Å². The van der Waals surface area contributed by atoms with E-state index >= 15 is 0 Å². The molecule has 1 N–H and O–H groups in total. The van der Waals surface area contributed by atoms with E-state index in [9.17, 15) is 13.2 Å². The lowest BCUT2D eigenvalue weighted by Gasteiger charge is -2.22. The van der Waals surface area contributed by atoms with Crippen LogP contribution in [0.25, 0.3) is 0 Å². The molecule has 2 rings (SSSR count). The van der Waals surface area contributed by atoms with E-state index in [4.69, 9.17) is 9.47 Å². The summed E-state index contributed by atoms with van der Waals surface area (Å²) in [4.78, 5) is 12.3. The summed E-state index contributed by atoms with van der Waals surface area (Å²) >= 11 is 0. The molecule has 2 aromatic carbocycles. The molecule has 0 saturated heterocycles. The number of carbonyl (C=O) groups excluding carboxylic acids is 1. The van der Waals surface area contributed by atoms with Gasteiger partial charge in [0, 0.05) is 13.0 Å². The average Bonchev–Trinajstić information content (AvgIpc) is 2.63. The lowest BCUT2D eigenvalue weighted by molar-refractivity contribution is -0.116. The number of sulfonamides is 1. The van der Waals surface area contributed by atoms with Crippen molar-refractivity contribution in [2.75, 3.05) is 36.1 Å². The predicted molar refractivity (Wildman–Crippen MR) is 106 cm³/mol. The third-order valence-corrected chi connectivity index (χ3v) is 4.96. The van der Waals surface area contributed by atoms with E-state index in [0.717, 1.165) is 6.26 Å². The molecule has 146 valence electrons. The Balaban J connectivity index is 2.07. The molecule has 0 aliphatic rings. The fourth-order valence-corrected chi connectivity index (χ4v) is 3.43. The Labute approximate surface area is 160 Å². The standard InChI is InChI=1S/C19H24N2O5S/c1-4-26-18-8-6-5-7-17(18)20-19(22)13-14-21(27(3,23)24)15-9-11-16(25-2)12-10-15/h5-12H,4,13-14H2,1-3H3,(H,20,22). The third-order valence-electron chi connectivity index (χ3n) is 3.76. The van der Waals surface area contributed by atoms with E-state index < -0.39 is 10.0 Å². The predicted octanol–water partition coefficient (Wildman–Crippen LogP) is 2.89. The second-order valence-corrected chi connectivity index (χ2v) is 7.67. The fourth-order valence-electron chi connectivity index (χ4n) is 2.50. The summed E-state index contributed by atoms with van der Waals surface area (Å²) in [5.74, 6) is 0.894. The Bertz CT molecular complexity index is 866. The average molecular weight is 392 g/mol. The highest BCUT2D eigenvalue weighted by molar-refractivity contribution is 7.92. The summed E-state index contributed by atoms with van der Waals surface area (Å²) in [5.41, 5.74) is 1.03. The van der Waals surface area contributed by atoms with E-state index in [1.54, 1.807) is 42.5 Å². The second kappa shape index (κ2) is 9.27. The number of carbonyl (C=O) groups is 1. The van der Waals surface area contributed by atoms with Crippen LogP contribution in [-0.2, 0) is 14.8 Å². The second-order valence-electron chi connectivity index (χ2n) is 5.76. The summed E-state index contributed by atoms with van der Waals surface area (Å²) in [6.45, 7) is 2.36. The number of para-hydroxylation sites is 2. The monoisotopic (exact) mass is 392 g/mol. The van der Waals surface area contributed by atoms with E-state index in [1.165, 1.54) is 11.4 Å². The molecule has 1 amide bonds. The van der Waals surface area contributed by atoms with Gasteiger partial charge in [0.25, 0.3) is 0 Å². The number of hydrogen-bond donors (Lipinski definition) is 1. The molecule has 0 spiro atoms. The number of anilines is 2. The summed E-state index contributed by atoms with van der Waals surface area (Å²) in [7, 11) is -2.00. The van der Waals surface area contributed by atoms with Crippen molar-refractivity contribution in [3.63, 3.8) is 0 Å². The molecular weight excluding hydrogens is 368 g/mol. The van der Waals surface area contributed by atoms with Crippen molar-refractivity contribution in [1.82, 2.24) is 0 Å². The van der Waals surface area contributed by atoms with Gasteiger partial charge in [0.2, 0.25) is 15.9 Å². The van der Waals surface area contributed by atoms with Gasteiger partial charge in [-0.1, -0.05) is 12.1 Å². The molecule has 0 saturated carbocycles. The van der Waals surface area contributed by atoms with Crippen LogP contribution in [0.1, 0.15) is 13.3 Å². The smallest absolute Gasteiger partial charge is 0.232 e. The van der Waals surface area contributed by atoms with Crippen LogP contribution < -0.4 is 19.1 Å².